The molecule has 3 aromatic rings. The zero-order valence-corrected chi connectivity index (χ0v) is 17.1. The quantitative estimate of drug-likeness (QED) is 0.592. The molecule has 30 heavy (non-hydrogen) atoms. The van der Waals surface area contributed by atoms with Crippen LogP contribution in [0.5, 0.6) is 11.5 Å². The number of rotatable bonds is 7. The SMILES string of the molecule is COc1ccccc1OCC(=O)N1CCC[C@@H](c2ncc(Cc3ccccc3)o2)C1. The van der Waals surface area contributed by atoms with E-state index in [4.69, 9.17) is 13.9 Å². The van der Waals surface area contributed by atoms with Crippen LogP contribution < -0.4 is 9.47 Å². The Hall–Kier alpha value is -3.28. The van der Waals surface area contributed by atoms with Gasteiger partial charge in [-0.3, -0.25) is 4.79 Å². The molecule has 6 heteroatoms. The van der Waals surface area contributed by atoms with Gasteiger partial charge in [0.2, 0.25) is 0 Å². The van der Waals surface area contributed by atoms with Gasteiger partial charge < -0.3 is 18.8 Å². The summed E-state index contributed by atoms with van der Waals surface area (Å²) in [4.78, 5) is 19.0. The molecule has 4 rings (SSSR count). The van der Waals surface area contributed by atoms with Crippen molar-refractivity contribution in [3.05, 3.63) is 78.0 Å². The molecule has 1 saturated heterocycles. The van der Waals surface area contributed by atoms with Crippen molar-refractivity contribution in [3.63, 3.8) is 0 Å². The molecule has 156 valence electrons. The summed E-state index contributed by atoms with van der Waals surface area (Å²) in [5, 5.41) is 0. The number of aromatic nitrogens is 1. The number of piperidine rings is 1. The van der Waals surface area contributed by atoms with Crippen LogP contribution in [-0.4, -0.2) is 42.6 Å². The van der Waals surface area contributed by atoms with Crippen molar-refractivity contribution < 1.29 is 18.7 Å². The van der Waals surface area contributed by atoms with Gasteiger partial charge in [0.05, 0.1) is 19.2 Å². The smallest absolute Gasteiger partial charge is 0.260 e. The number of benzene rings is 2. The molecule has 1 aliphatic rings. The summed E-state index contributed by atoms with van der Waals surface area (Å²) in [6, 6.07) is 17.5. The Balaban J connectivity index is 1.34. The Morgan fingerprint density at radius 3 is 2.70 bits per heavy atom. The molecule has 0 aliphatic carbocycles. The average molecular weight is 406 g/mol. The molecule has 6 nitrogen and oxygen atoms in total. The van der Waals surface area contributed by atoms with Crippen LogP contribution in [-0.2, 0) is 11.2 Å². The first-order chi connectivity index (χ1) is 14.7. The minimum atomic E-state index is -0.0401. The maximum absolute atomic E-state index is 12.7. The second kappa shape index (κ2) is 9.48. The highest BCUT2D eigenvalue weighted by atomic mass is 16.5. The summed E-state index contributed by atoms with van der Waals surface area (Å²) in [5.74, 6) is 2.82. The Morgan fingerprint density at radius 2 is 1.90 bits per heavy atom. The maximum Gasteiger partial charge on any atom is 0.260 e. The summed E-state index contributed by atoms with van der Waals surface area (Å²) in [6.45, 7) is 1.31. The van der Waals surface area contributed by atoms with Crippen molar-refractivity contribution in [2.75, 3.05) is 26.8 Å². The van der Waals surface area contributed by atoms with E-state index in [1.165, 1.54) is 5.56 Å². The molecule has 0 spiro atoms. The van der Waals surface area contributed by atoms with Crippen molar-refractivity contribution in [2.45, 2.75) is 25.2 Å². The predicted molar refractivity (Wildman–Crippen MR) is 113 cm³/mol. The van der Waals surface area contributed by atoms with Gasteiger partial charge in [0.15, 0.2) is 24.0 Å². The molecular formula is C24H26N2O4. The lowest BCUT2D eigenvalue weighted by Gasteiger charge is -2.31. The predicted octanol–water partition coefficient (Wildman–Crippen LogP) is 4.06. The number of carbonyl (C=O) groups is 1. The average Bonchev–Trinajstić information content (AvgIpc) is 3.27. The van der Waals surface area contributed by atoms with Gasteiger partial charge in [-0.1, -0.05) is 42.5 Å². The fourth-order valence-electron chi connectivity index (χ4n) is 3.76. The van der Waals surface area contributed by atoms with Gasteiger partial charge in [-0.2, -0.15) is 0 Å². The highest BCUT2D eigenvalue weighted by Gasteiger charge is 2.28. The van der Waals surface area contributed by atoms with Gasteiger partial charge in [-0.05, 0) is 30.5 Å². The lowest BCUT2D eigenvalue weighted by atomic mass is 9.98. The Morgan fingerprint density at radius 1 is 1.13 bits per heavy atom. The van der Waals surface area contributed by atoms with Gasteiger partial charge in [0.1, 0.15) is 5.76 Å². The summed E-state index contributed by atoms with van der Waals surface area (Å²) in [7, 11) is 1.58. The molecule has 0 bridgehead atoms. The monoisotopic (exact) mass is 406 g/mol. The Kier molecular flexibility index (Phi) is 6.32. The first kappa shape index (κ1) is 20.0. The zero-order chi connectivity index (χ0) is 20.8. The van der Waals surface area contributed by atoms with Crippen molar-refractivity contribution in [2.24, 2.45) is 0 Å². The number of hydrogen-bond donors (Lipinski definition) is 0. The standard InChI is InChI=1S/C24H26N2O4/c1-28-21-11-5-6-12-22(21)29-17-23(27)26-13-7-10-19(16-26)24-25-15-20(30-24)14-18-8-3-2-4-9-18/h2-6,8-9,11-12,15,19H,7,10,13-14,16-17H2,1H3/t19-/m1/s1. The minimum absolute atomic E-state index is 0.0159. The molecule has 1 amide bonds. The van der Waals surface area contributed by atoms with E-state index >= 15 is 0 Å². The first-order valence-corrected chi connectivity index (χ1v) is 10.2. The third kappa shape index (κ3) is 4.82. The first-order valence-electron chi connectivity index (χ1n) is 10.2. The molecule has 1 aliphatic heterocycles. The number of ether oxygens (including phenoxy) is 2. The number of carbonyl (C=O) groups excluding carboxylic acids is 1. The number of para-hydroxylation sites is 2. The molecule has 0 N–H and O–H groups in total. The molecule has 1 atom stereocenters. The number of oxazole rings is 1. The summed E-state index contributed by atoms with van der Waals surface area (Å²) < 4.78 is 17.0. The normalized spacial score (nSPS) is 16.3. The van der Waals surface area contributed by atoms with E-state index in [2.05, 4.69) is 17.1 Å². The molecular weight excluding hydrogens is 380 g/mol. The summed E-state index contributed by atoms with van der Waals surface area (Å²) in [5.41, 5.74) is 1.19. The lowest BCUT2D eigenvalue weighted by molar-refractivity contribution is -0.134. The second-order valence-corrected chi connectivity index (χ2v) is 7.45. The van der Waals surface area contributed by atoms with Gasteiger partial charge in [-0.25, -0.2) is 4.98 Å². The van der Waals surface area contributed by atoms with E-state index in [1.54, 1.807) is 19.4 Å². The van der Waals surface area contributed by atoms with Crippen LogP contribution in [0.1, 0.15) is 36.0 Å². The molecule has 0 radical (unpaired) electrons. The summed E-state index contributed by atoms with van der Waals surface area (Å²) in [6.07, 6.45) is 4.40. The Bertz CT molecular complexity index is 970. The Labute approximate surface area is 176 Å². The van der Waals surface area contributed by atoms with Crippen LogP contribution >= 0.6 is 0 Å². The van der Waals surface area contributed by atoms with Gasteiger partial charge in [0, 0.05) is 19.5 Å². The number of nitrogens with zero attached hydrogens (tertiary/aromatic N) is 2. The summed E-state index contributed by atoms with van der Waals surface area (Å²) >= 11 is 0. The molecule has 0 unspecified atom stereocenters. The van der Waals surface area contributed by atoms with E-state index in [9.17, 15) is 4.79 Å². The van der Waals surface area contributed by atoms with E-state index < -0.39 is 0 Å². The van der Waals surface area contributed by atoms with E-state index in [0.29, 0.717) is 23.9 Å². The maximum atomic E-state index is 12.7. The molecule has 1 fully saturated rings. The minimum Gasteiger partial charge on any atom is -0.493 e. The van der Waals surface area contributed by atoms with Crippen molar-refractivity contribution in [1.82, 2.24) is 9.88 Å². The van der Waals surface area contributed by atoms with Crippen molar-refractivity contribution in [3.8, 4) is 11.5 Å². The number of hydrogen-bond acceptors (Lipinski definition) is 5. The zero-order valence-electron chi connectivity index (χ0n) is 17.1. The largest absolute Gasteiger partial charge is 0.493 e. The highest BCUT2D eigenvalue weighted by Crippen LogP contribution is 2.28. The van der Waals surface area contributed by atoms with E-state index in [-0.39, 0.29) is 18.4 Å². The van der Waals surface area contributed by atoms with Crippen LogP contribution in [0.15, 0.2) is 65.2 Å². The highest BCUT2D eigenvalue weighted by molar-refractivity contribution is 5.78. The molecule has 1 aromatic heterocycles. The van der Waals surface area contributed by atoms with E-state index in [0.717, 1.165) is 31.6 Å². The fraction of sp³-hybridized carbons (Fsp3) is 0.333. The van der Waals surface area contributed by atoms with Gasteiger partial charge in [-0.15, -0.1) is 0 Å². The molecule has 0 saturated carbocycles. The third-order valence-corrected chi connectivity index (χ3v) is 5.34. The van der Waals surface area contributed by atoms with E-state index in [1.807, 2.05) is 41.3 Å². The van der Waals surface area contributed by atoms with Crippen molar-refractivity contribution in [1.29, 1.82) is 0 Å². The van der Waals surface area contributed by atoms with Crippen LogP contribution in [0, 0.1) is 0 Å². The topological polar surface area (TPSA) is 64.8 Å². The fourth-order valence-corrected chi connectivity index (χ4v) is 3.76. The third-order valence-electron chi connectivity index (χ3n) is 5.34. The van der Waals surface area contributed by atoms with Crippen LogP contribution in [0.25, 0.3) is 0 Å². The van der Waals surface area contributed by atoms with Crippen LogP contribution in [0.4, 0.5) is 0 Å². The molecule has 2 heterocycles. The number of likely N-dealkylation sites (tertiary alicyclic amines) is 1. The van der Waals surface area contributed by atoms with Crippen molar-refractivity contribution >= 4 is 5.91 Å². The number of methoxy groups -OCH3 is 1. The number of amides is 1. The lowest BCUT2D eigenvalue weighted by Crippen LogP contribution is -2.41. The van der Waals surface area contributed by atoms with Gasteiger partial charge in [0.25, 0.3) is 5.91 Å². The van der Waals surface area contributed by atoms with Gasteiger partial charge >= 0.3 is 0 Å². The van der Waals surface area contributed by atoms with Crippen LogP contribution in [0.2, 0.25) is 0 Å². The van der Waals surface area contributed by atoms with Crippen LogP contribution in [0.3, 0.4) is 0 Å². The molecule has 2 aromatic carbocycles. The second-order valence-electron chi connectivity index (χ2n) is 7.45.